The highest BCUT2D eigenvalue weighted by molar-refractivity contribution is 7.99. The number of methoxy groups -OCH3 is 1. The summed E-state index contributed by atoms with van der Waals surface area (Å²) < 4.78 is 7.18. The van der Waals surface area contributed by atoms with Crippen LogP contribution in [0.15, 0.2) is 77.0 Å². The van der Waals surface area contributed by atoms with Crippen molar-refractivity contribution in [3.05, 3.63) is 87.9 Å². The Morgan fingerprint density at radius 3 is 2.40 bits per heavy atom. The van der Waals surface area contributed by atoms with Crippen LogP contribution in [0.1, 0.15) is 11.1 Å². The summed E-state index contributed by atoms with van der Waals surface area (Å²) in [4.78, 5) is 12.4. The fraction of sp³-hybridized carbons (Fsp3) is 0.120. The van der Waals surface area contributed by atoms with Gasteiger partial charge in [-0.2, -0.15) is 5.10 Å². The van der Waals surface area contributed by atoms with Gasteiger partial charge in [0, 0.05) is 16.8 Å². The summed E-state index contributed by atoms with van der Waals surface area (Å²) in [5, 5.41) is 14.2. The van der Waals surface area contributed by atoms with Crippen LogP contribution in [0, 0.1) is 6.92 Å². The summed E-state index contributed by atoms with van der Waals surface area (Å²) in [5.74, 6) is 1.19. The SMILES string of the molecule is COc1ccc(-c2nnc(SCC(=O)N/N=C\c3c(Cl)cccc3Cl)n2-c2ccc(C)cc2)cc1. The summed E-state index contributed by atoms with van der Waals surface area (Å²) >= 11 is 13.5. The van der Waals surface area contributed by atoms with Gasteiger partial charge in [0.05, 0.1) is 29.1 Å². The third kappa shape index (κ3) is 6.03. The van der Waals surface area contributed by atoms with Gasteiger partial charge in [0.25, 0.3) is 5.91 Å². The van der Waals surface area contributed by atoms with Crippen molar-refractivity contribution < 1.29 is 9.53 Å². The molecule has 0 saturated heterocycles. The van der Waals surface area contributed by atoms with Gasteiger partial charge in [-0.15, -0.1) is 10.2 Å². The number of halogens is 2. The highest BCUT2D eigenvalue weighted by Gasteiger charge is 2.17. The smallest absolute Gasteiger partial charge is 0.250 e. The lowest BCUT2D eigenvalue weighted by Gasteiger charge is -2.11. The molecular weight excluding hydrogens is 505 g/mol. The Morgan fingerprint density at radius 2 is 1.74 bits per heavy atom. The van der Waals surface area contributed by atoms with Gasteiger partial charge in [0.15, 0.2) is 11.0 Å². The number of ether oxygens (including phenoxy) is 1. The summed E-state index contributed by atoms with van der Waals surface area (Å²) in [6.45, 7) is 2.02. The van der Waals surface area contributed by atoms with Gasteiger partial charge in [-0.1, -0.05) is 58.7 Å². The lowest BCUT2D eigenvalue weighted by atomic mass is 10.2. The number of rotatable bonds is 8. The monoisotopic (exact) mass is 525 g/mol. The number of thioether (sulfide) groups is 1. The molecule has 0 bridgehead atoms. The standard InChI is InChI=1S/C25H21Cl2N5O2S/c1-16-6-10-18(11-7-16)32-24(17-8-12-19(34-2)13-9-17)30-31-25(32)35-15-23(33)29-28-14-20-21(26)4-3-5-22(20)27/h3-14H,15H2,1-2H3,(H,29,33)/b28-14-. The minimum Gasteiger partial charge on any atom is -0.497 e. The number of aromatic nitrogens is 3. The molecule has 0 aliphatic rings. The number of carbonyl (C=O) groups is 1. The summed E-state index contributed by atoms with van der Waals surface area (Å²) in [7, 11) is 1.62. The van der Waals surface area contributed by atoms with Crippen molar-refractivity contribution >= 4 is 47.1 Å². The van der Waals surface area contributed by atoms with Crippen molar-refractivity contribution in [2.45, 2.75) is 12.1 Å². The van der Waals surface area contributed by atoms with Crippen molar-refractivity contribution in [2.24, 2.45) is 5.10 Å². The largest absolute Gasteiger partial charge is 0.497 e. The molecule has 0 fully saturated rings. The number of hydrogen-bond acceptors (Lipinski definition) is 6. The molecule has 0 radical (unpaired) electrons. The molecule has 4 aromatic rings. The van der Waals surface area contributed by atoms with Gasteiger partial charge in [-0.25, -0.2) is 5.43 Å². The Labute approximate surface area is 217 Å². The molecule has 4 rings (SSSR count). The molecule has 1 aromatic heterocycles. The number of hydrogen-bond donors (Lipinski definition) is 1. The quantitative estimate of drug-likeness (QED) is 0.178. The summed E-state index contributed by atoms with van der Waals surface area (Å²) in [6, 6.07) is 20.7. The first-order valence-corrected chi connectivity index (χ1v) is 12.3. The van der Waals surface area contributed by atoms with Crippen LogP contribution in [0.25, 0.3) is 17.1 Å². The fourth-order valence-corrected chi connectivity index (χ4v) is 4.42. The van der Waals surface area contributed by atoms with E-state index in [0.717, 1.165) is 22.6 Å². The zero-order valence-electron chi connectivity index (χ0n) is 18.9. The molecule has 0 spiro atoms. The summed E-state index contributed by atoms with van der Waals surface area (Å²) in [5.41, 5.74) is 5.93. The third-order valence-corrected chi connectivity index (χ3v) is 6.58. The van der Waals surface area contributed by atoms with E-state index in [9.17, 15) is 4.79 Å². The van der Waals surface area contributed by atoms with Crippen molar-refractivity contribution in [1.82, 2.24) is 20.2 Å². The van der Waals surface area contributed by atoms with Gasteiger partial charge in [-0.3, -0.25) is 9.36 Å². The van der Waals surface area contributed by atoms with E-state index >= 15 is 0 Å². The third-order valence-electron chi connectivity index (χ3n) is 4.99. The van der Waals surface area contributed by atoms with E-state index in [2.05, 4.69) is 20.7 Å². The number of nitrogens with zero attached hydrogens (tertiary/aromatic N) is 4. The van der Waals surface area contributed by atoms with Crippen LogP contribution in [0.4, 0.5) is 0 Å². The molecule has 7 nitrogen and oxygen atoms in total. The van der Waals surface area contributed by atoms with Crippen molar-refractivity contribution in [3.63, 3.8) is 0 Å². The number of hydrazone groups is 1. The number of benzene rings is 3. The van der Waals surface area contributed by atoms with E-state index in [1.54, 1.807) is 25.3 Å². The highest BCUT2D eigenvalue weighted by atomic mass is 35.5. The van der Waals surface area contributed by atoms with E-state index in [0.29, 0.717) is 26.6 Å². The van der Waals surface area contributed by atoms with E-state index in [4.69, 9.17) is 27.9 Å². The maximum Gasteiger partial charge on any atom is 0.250 e. The molecule has 0 aliphatic carbocycles. The van der Waals surface area contributed by atoms with Gasteiger partial charge in [-0.05, 0) is 55.5 Å². The Hall–Kier alpha value is -3.33. The molecule has 178 valence electrons. The Morgan fingerprint density at radius 1 is 1.06 bits per heavy atom. The maximum absolute atomic E-state index is 12.4. The maximum atomic E-state index is 12.4. The lowest BCUT2D eigenvalue weighted by Crippen LogP contribution is -2.20. The average molecular weight is 526 g/mol. The summed E-state index contributed by atoms with van der Waals surface area (Å²) in [6.07, 6.45) is 1.42. The van der Waals surface area contributed by atoms with E-state index < -0.39 is 0 Å². The van der Waals surface area contributed by atoms with Gasteiger partial charge in [0.1, 0.15) is 5.75 Å². The van der Waals surface area contributed by atoms with Crippen LogP contribution in [-0.2, 0) is 4.79 Å². The minimum atomic E-state index is -0.307. The fourth-order valence-electron chi connectivity index (χ4n) is 3.18. The Bertz CT molecular complexity index is 1340. The van der Waals surface area contributed by atoms with Crippen LogP contribution in [0.3, 0.4) is 0 Å². The average Bonchev–Trinajstić information content (AvgIpc) is 3.29. The van der Waals surface area contributed by atoms with Gasteiger partial charge < -0.3 is 4.74 Å². The van der Waals surface area contributed by atoms with E-state index in [1.807, 2.05) is 60.0 Å². The molecule has 0 saturated carbocycles. The molecule has 1 amide bonds. The topological polar surface area (TPSA) is 81.4 Å². The second-order valence-electron chi connectivity index (χ2n) is 7.42. The molecule has 1 heterocycles. The van der Waals surface area contributed by atoms with E-state index in [1.165, 1.54) is 18.0 Å². The van der Waals surface area contributed by atoms with Crippen LogP contribution in [0.5, 0.6) is 5.75 Å². The molecular formula is C25H21Cl2N5O2S. The van der Waals surface area contributed by atoms with Crippen molar-refractivity contribution in [1.29, 1.82) is 0 Å². The van der Waals surface area contributed by atoms with Crippen LogP contribution in [0.2, 0.25) is 10.0 Å². The molecule has 3 aromatic carbocycles. The molecule has 0 aliphatic heterocycles. The van der Waals surface area contributed by atoms with Crippen LogP contribution in [-0.4, -0.2) is 39.7 Å². The van der Waals surface area contributed by atoms with Gasteiger partial charge >= 0.3 is 0 Å². The van der Waals surface area contributed by atoms with Crippen molar-refractivity contribution in [3.8, 4) is 22.8 Å². The second-order valence-corrected chi connectivity index (χ2v) is 9.18. The first kappa shape index (κ1) is 24.8. The predicted molar refractivity (Wildman–Crippen MR) is 141 cm³/mol. The number of carbonyl (C=O) groups excluding carboxylic acids is 1. The molecule has 0 unspecified atom stereocenters. The normalized spacial score (nSPS) is 11.1. The Kier molecular flexibility index (Phi) is 8.07. The number of nitrogens with one attached hydrogen (secondary N) is 1. The minimum absolute atomic E-state index is 0.0835. The van der Waals surface area contributed by atoms with Crippen molar-refractivity contribution in [2.75, 3.05) is 12.9 Å². The second kappa shape index (κ2) is 11.4. The zero-order valence-corrected chi connectivity index (χ0v) is 21.2. The van der Waals surface area contributed by atoms with E-state index in [-0.39, 0.29) is 11.7 Å². The predicted octanol–water partition coefficient (Wildman–Crippen LogP) is 5.80. The van der Waals surface area contributed by atoms with Crippen LogP contribution < -0.4 is 10.2 Å². The zero-order chi connectivity index (χ0) is 24.8. The van der Waals surface area contributed by atoms with Crippen LogP contribution >= 0.6 is 35.0 Å². The lowest BCUT2D eigenvalue weighted by molar-refractivity contribution is -0.118. The highest BCUT2D eigenvalue weighted by Crippen LogP contribution is 2.29. The first-order valence-electron chi connectivity index (χ1n) is 10.5. The molecule has 1 N–H and O–H groups in total. The first-order chi connectivity index (χ1) is 17.0. The number of aryl methyl sites for hydroxylation is 1. The molecule has 0 atom stereocenters. The Balaban J connectivity index is 1.53. The van der Waals surface area contributed by atoms with Gasteiger partial charge in [0.2, 0.25) is 0 Å². The molecule has 35 heavy (non-hydrogen) atoms. The molecule has 10 heteroatoms. The number of amides is 1.